The van der Waals surface area contributed by atoms with Crippen LogP contribution in [-0.4, -0.2) is 28.6 Å². The molecule has 0 bridgehead atoms. The van der Waals surface area contributed by atoms with E-state index < -0.39 is 0 Å². The van der Waals surface area contributed by atoms with Crippen molar-refractivity contribution >= 4 is 5.91 Å². The Bertz CT molecular complexity index is 768. The van der Waals surface area contributed by atoms with Gasteiger partial charge in [0.1, 0.15) is 0 Å². The Morgan fingerprint density at radius 3 is 2.56 bits per heavy atom. The van der Waals surface area contributed by atoms with Gasteiger partial charge in [-0.1, -0.05) is 42.5 Å². The van der Waals surface area contributed by atoms with Gasteiger partial charge in [-0.25, -0.2) is 4.98 Å². The molecule has 0 aliphatic heterocycles. The van der Waals surface area contributed by atoms with E-state index in [-0.39, 0.29) is 5.91 Å². The van der Waals surface area contributed by atoms with Gasteiger partial charge >= 0.3 is 0 Å². The summed E-state index contributed by atoms with van der Waals surface area (Å²) in [7, 11) is 0. The number of nitrogens with zero attached hydrogens (tertiary/aromatic N) is 2. The van der Waals surface area contributed by atoms with E-state index in [0.29, 0.717) is 25.3 Å². The molecule has 5 heteroatoms. The molecule has 1 aromatic heterocycles. The molecular weight excluding hydrogens is 314 g/mol. The molecule has 3 rings (SSSR count). The number of amides is 1. The fourth-order valence-corrected chi connectivity index (χ4v) is 2.46. The van der Waals surface area contributed by atoms with E-state index in [4.69, 9.17) is 4.74 Å². The molecule has 128 valence electrons. The number of aromatic nitrogens is 2. The molecule has 0 saturated heterocycles. The van der Waals surface area contributed by atoms with Gasteiger partial charge in [-0.3, -0.25) is 4.79 Å². The smallest absolute Gasteiger partial charge is 0.251 e. The molecule has 1 amide bonds. The Morgan fingerprint density at radius 2 is 1.84 bits per heavy atom. The molecule has 0 aliphatic carbocycles. The lowest BCUT2D eigenvalue weighted by Crippen LogP contribution is -2.27. The van der Waals surface area contributed by atoms with Crippen LogP contribution in [0, 0.1) is 0 Å². The summed E-state index contributed by atoms with van der Waals surface area (Å²) in [6, 6.07) is 17.6. The van der Waals surface area contributed by atoms with Crippen LogP contribution in [0.5, 0.6) is 0 Å². The van der Waals surface area contributed by atoms with E-state index in [1.807, 2.05) is 65.4 Å². The lowest BCUT2D eigenvalue weighted by Gasteiger charge is -2.08. The van der Waals surface area contributed by atoms with E-state index in [9.17, 15) is 4.79 Å². The summed E-state index contributed by atoms with van der Waals surface area (Å²) < 4.78 is 7.55. The summed E-state index contributed by atoms with van der Waals surface area (Å²) in [5.74, 6) is -0.0857. The molecule has 1 N–H and O–H groups in total. The maximum absolute atomic E-state index is 12.1. The maximum Gasteiger partial charge on any atom is 0.251 e. The first-order chi connectivity index (χ1) is 12.3. The van der Waals surface area contributed by atoms with Crippen LogP contribution in [0.4, 0.5) is 0 Å². The predicted molar refractivity (Wildman–Crippen MR) is 96.2 cm³/mol. The van der Waals surface area contributed by atoms with Crippen molar-refractivity contribution in [2.24, 2.45) is 0 Å². The SMILES string of the molecule is O=C(NCCOCc1ccccc1)c1ccc(Cn2ccnc2)cc1. The second-order valence-electron chi connectivity index (χ2n) is 5.73. The molecule has 3 aromatic rings. The van der Waals surface area contributed by atoms with Crippen molar-refractivity contribution in [2.45, 2.75) is 13.2 Å². The third-order valence-corrected chi connectivity index (χ3v) is 3.78. The minimum atomic E-state index is -0.0857. The number of nitrogens with one attached hydrogen (secondary N) is 1. The number of benzene rings is 2. The van der Waals surface area contributed by atoms with E-state index in [0.717, 1.165) is 17.7 Å². The van der Waals surface area contributed by atoms with E-state index in [1.54, 1.807) is 12.5 Å². The normalized spacial score (nSPS) is 10.6. The summed E-state index contributed by atoms with van der Waals surface area (Å²) in [5, 5.41) is 2.87. The van der Waals surface area contributed by atoms with Crippen molar-refractivity contribution < 1.29 is 9.53 Å². The molecule has 0 spiro atoms. The fourth-order valence-electron chi connectivity index (χ4n) is 2.46. The van der Waals surface area contributed by atoms with Crippen molar-refractivity contribution in [1.29, 1.82) is 0 Å². The molecule has 25 heavy (non-hydrogen) atoms. The van der Waals surface area contributed by atoms with Crippen LogP contribution < -0.4 is 5.32 Å². The Balaban J connectivity index is 1.39. The van der Waals surface area contributed by atoms with E-state index >= 15 is 0 Å². The maximum atomic E-state index is 12.1. The van der Waals surface area contributed by atoms with Gasteiger partial charge in [0.05, 0.1) is 19.5 Å². The number of carbonyl (C=O) groups excluding carboxylic acids is 1. The molecule has 0 fully saturated rings. The molecular formula is C20H21N3O2. The second kappa shape index (κ2) is 8.80. The minimum absolute atomic E-state index is 0.0857. The van der Waals surface area contributed by atoms with Gasteiger partial charge in [0.25, 0.3) is 5.91 Å². The minimum Gasteiger partial charge on any atom is -0.375 e. The quantitative estimate of drug-likeness (QED) is 0.644. The average Bonchev–Trinajstić information content (AvgIpc) is 3.16. The van der Waals surface area contributed by atoms with E-state index in [2.05, 4.69) is 10.3 Å². The fraction of sp³-hybridized carbons (Fsp3) is 0.200. The van der Waals surface area contributed by atoms with Crippen molar-refractivity contribution in [3.8, 4) is 0 Å². The largest absolute Gasteiger partial charge is 0.375 e. The first-order valence-corrected chi connectivity index (χ1v) is 8.26. The Morgan fingerprint density at radius 1 is 1.04 bits per heavy atom. The molecule has 0 aliphatic rings. The molecule has 0 atom stereocenters. The summed E-state index contributed by atoms with van der Waals surface area (Å²) in [5.41, 5.74) is 2.90. The zero-order valence-electron chi connectivity index (χ0n) is 14.0. The van der Waals surface area contributed by atoms with Crippen LogP contribution >= 0.6 is 0 Å². The van der Waals surface area contributed by atoms with Gasteiger partial charge in [0.15, 0.2) is 0 Å². The van der Waals surface area contributed by atoms with Crippen molar-refractivity contribution in [3.05, 3.63) is 90.0 Å². The first-order valence-electron chi connectivity index (χ1n) is 8.26. The summed E-state index contributed by atoms with van der Waals surface area (Å²) in [4.78, 5) is 16.1. The van der Waals surface area contributed by atoms with Crippen LogP contribution in [0.2, 0.25) is 0 Å². The highest BCUT2D eigenvalue weighted by Gasteiger charge is 2.05. The van der Waals surface area contributed by atoms with Crippen molar-refractivity contribution in [1.82, 2.24) is 14.9 Å². The molecule has 5 nitrogen and oxygen atoms in total. The van der Waals surface area contributed by atoms with Gasteiger partial charge in [-0.15, -0.1) is 0 Å². The van der Waals surface area contributed by atoms with Gasteiger partial charge in [0, 0.05) is 31.0 Å². The van der Waals surface area contributed by atoms with Gasteiger partial charge in [-0.05, 0) is 23.3 Å². The Kier molecular flexibility index (Phi) is 5.96. The van der Waals surface area contributed by atoms with Crippen LogP contribution in [0.1, 0.15) is 21.5 Å². The predicted octanol–water partition coefficient (Wildman–Crippen LogP) is 2.88. The lowest BCUT2D eigenvalue weighted by molar-refractivity contribution is 0.0901. The molecule has 0 saturated carbocycles. The summed E-state index contributed by atoms with van der Waals surface area (Å²) in [6.45, 7) is 2.27. The number of hydrogen-bond acceptors (Lipinski definition) is 3. The van der Waals surface area contributed by atoms with Crippen LogP contribution in [0.3, 0.4) is 0 Å². The van der Waals surface area contributed by atoms with Crippen LogP contribution in [0.25, 0.3) is 0 Å². The first kappa shape index (κ1) is 16.9. The third-order valence-electron chi connectivity index (χ3n) is 3.78. The molecule has 0 radical (unpaired) electrons. The third kappa shape index (κ3) is 5.29. The highest BCUT2D eigenvalue weighted by molar-refractivity contribution is 5.94. The van der Waals surface area contributed by atoms with Gasteiger partial charge in [-0.2, -0.15) is 0 Å². The van der Waals surface area contributed by atoms with Crippen LogP contribution in [-0.2, 0) is 17.9 Å². The van der Waals surface area contributed by atoms with Crippen molar-refractivity contribution in [3.63, 3.8) is 0 Å². The Labute approximate surface area is 147 Å². The summed E-state index contributed by atoms with van der Waals surface area (Å²) >= 11 is 0. The number of ether oxygens (including phenoxy) is 1. The number of hydrogen-bond donors (Lipinski definition) is 1. The number of imidazole rings is 1. The zero-order chi connectivity index (χ0) is 17.3. The van der Waals surface area contributed by atoms with E-state index in [1.165, 1.54) is 0 Å². The topological polar surface area (TPSA) is 56.1 Å². The Hall–Kier alpha value is -2.92. The number of rotatable bonds is 8. The second-order valence-corrected chi connectivity index (χ2v) is 5.73. The zero-order valence-corrected chi connectivity index (χ0v) is 14.0. The number of carbonyl (C=O) groups is 1. The van der Waals surface area contributed by atoms with Gasteiger partial charge in [0.2, 0.25) is 0 Å². The van der Waals surface area contributed by atoms with Crippen molar-refractivity contribution in [2.75, 3.05) is 13.2 Å². The summed E-state index contributed by atoms with van der Waals surface area (Å²) in [6.07, 6.45) is 5.44. The average molecular weight is 335 g/mol. The highest BCUT2D eigenvalue weighted by Crippen LogP contribution is 2.06. The monoisotopic (exact) mass is 335 g/mol. The standard InChI is InChI=1S/C20H21N3O2/c24-20(22-11-13-25-15-18-4-2-1-3-5-18)19-8-6-17(7-9-19)14-23-12-10-21-16-23/h1-10,12,16H,11,13-15H2,(H,22,24). The highest BCUT2D eigenvalue weighted by atomic mass is 16.5. The van der Waals surface area contributed by atoms with Crippen LogP contribution in [0.15, 0.2) is 73.3 Å². The van der Waals surface area contributed by atoms with Gasteiger partial charge < -0.3 is 14.6 Å². The molecule has 0 unspecified atom stereocenters. The lowest BCUT2D eigenvalue weighted by atomic mass is 10.1. The molecule has 2 aromatic carbocycles. The molecule has 1 heterocycles.